The highest BCUT2D eigenvalue weighted by atomic mass is 19.1. The van der Waals surface area contributed by atoms with Gasteiger partial charge in [-0.15, -0.1) is 0 Å². The van der Waals surface area contributed by atoms with Gasteiger partial charge in [-0.3, -0.25) is 0 Å². The molecular formula is C18H26FNO. The van der Waals surface area contributed by atoms with Crippen LogP contribution in [0.2, 0.25) is 0 Å². The molecule has 2 nitrogen and oxygen atoms in total. The molecule has 1 heterocycles. The van der Waals surface area contributed by atoms with Crippen LogP contribution in [-0.2, 0) is 0 Å². The largest absolute Gasteiger partial charge is 0.388 e. The molecule has 0 radical (unpaired) electrons. The minimum Gasteiger partial charge on any atom is -0.388 e. The Kier molecular flexibility index (Phi) is 4.91. The van der Waals surface area contributed by atoms with Crippen LogP contribution in [0.3, 0.4) is 0 Å². The number of hydrogen-bond donors (Lipinski definition) is 1. The van der Waals surface area contributed by atoms with Crippen molar-refractivity contribution in [3.63, 3.8) is 0 Å². The zero-order valence-corrected chi connectivity index (χ0v) is 12.7. The normalized spacial score (nSPS) is 25.5. The Labute approximate surface area is 127 Å². The van der Waals surface area contributed by atoms with Crippen LogP contribution in [0, 0.1) is 11.7 Å². The summed E-state index contributed by atoms with van der Waals surface area (Å²) in [5.74, 6) is 0.567. The summed E-state index contributed by atoms with van der Waals surface area (Å²) >= 11 is 0. The van der Waals surface area contributed by atoms with Crippen LogP contribution < -0.4 is 0 Å². The molecule has 2 atom stereocenters. The minimum atomic E-state index is -0.684. The number of benzene rings is 1. The van der Waals surface area contributed by atoms with Gasteiger partial charge in [-0.2, -0.15) is 0 Å². The van der Waals surface area contributed by atoms with E-state index in [-0.39, 0.29) is 5.82 Å². The average Bonchev–Trinajstić information content (AvgIpc) is 3.16. The first-order valence-corrected chi connectivity index (χ1v) is 8.42. The fraction of sp³-hybridized carbons (Fsp3) is 0.667. The van der Waals surface area contributed by atoms with Gasteiger partial charge in [0.05, 0.1) is 6.10 Å². The summed E-state index contributed by atoms with van der Waals surface area (Å²) in [6.45, 7) is 2.03. The van der Waals surface area contributed by atoms with Gasteiger partial charge < -0.3 is 10.0 Å². The van der Waals surface area contributed by atoms with Gasteiger partial charge in [-0.05, 0) is 50.6 Å². The zero-order valence-electron chi connectivity index (χ0n) is 12.7. The van der Waals surface area contributed by atoms with Gasteiger partial charge in [-0.25, -0.2) is 4.39 Å². The van der Waals surface area contributed by atoms with E-state index in [1.165, 1.54) is 44.6 Å². The lowest BCUT2D eigenvalue weighted by atomic mass is 9.95. The molecule has 3 heteroatoms. The van der Waals surface area contributed by atoms with Crippen LogP contribution in [0.15, 0.2) is 24.3 Å². The highest BCUT2D eigenvalue weighted by Crippen LogP contribution is 2.35. The number of likely N-dealkylation sites (tertiary alicyclic amines) is 1. The van der Waals surface area contributed by atoms with Gasteiger partial charge in [0, 0.05) is 18.2 Å². The summed E-state index contributed by atoms with van der Waals surface area (Å²) < 4.78 is 13.7. The molecule has 1 N–H and O–H groups in total. The maximum Gasteiger partial charge on any atom is 0.128 e. The van der Waals surface area contributed by atoms with Crippen LogP contribution >= 0.6 is 0 Å². The first-order valence-electron chi connectivity index (χ1n) is 8.42. The van der Waals surface area contributed by atoms with Crippen molar-refractivity contribution >= 4 is 0 Å². The molecule has 1 aromatic rings. The van der Waals surface area contributed by atoms with E-state index in [0.717, 1.165) is 19.0 Å². The molecule has 2 aliphatic rings. The summed E-state index contributed by atoms with van der Waals surface area (Å²) in [5, 5.41) is 10.2. The molecule has 116 valence electrons. The van der Waals surface area contributed by atoms with Crippen LogP contribution in [0.5, 0.6) is 0 Å². The first kappa shape index (κ1) is 15.0. The van der Waals surface area contributed by atoms with E-state index in [1.54, 1.807) is 18.2 Å². The van der Waals surface area contributed by atoms with E-state index in [9.17, 15) is 9.50 Å². The number of aliphatic hydroxyl groups is 1. The van der Waals surface area contributed by atoms with E-state index < -0.39 is 6.10 Å². The summed E-state index contributed by atoms with van der Waals surface area (Å²) in [6.07, 6.45) is 8.03. The topological polar surface area (TPSA) is 23.5 Å². The standard InChI is InChI=1S/C18H26FNO/c19-16-9-4-3-8-15(16)18(21)11-13-20-12-5-10-17(20)14-6-1-2-7-14/h3-4,8-9,14,17-18,21H,1-2,5-7,10-13H2. The summed E-state index contributed by atoms with van der Waals surface area (Å²) in [7, 11) is 0. The molecule has 0 aromatic heterocycles. The first-order chi connectivity index (χ1) is 10.3. The molecule has 1 saturated heterocycles. The highest BCUT2D eigenvalue weighted by Gasteiger charge is 2.33. The maximum absolute atomic E-state index is 13.7. The smallest absolute Gasteiger partial charge is 0.128 e. The highest BCUT2D eigenvalue weighted by molar-refractivity contribution is 5.19. The second-order valence-corrected chi connectivity index (χ2v) is 6.62. The molecule has 0 amide bonds. The summed E-state index contributed by atoms with van der Waals surface area (Å²) in [5.41, 5.74) is 0.439. The zero-order chi connectivity index (χ0) is 14.7. The molecule has 0 spiro atoms. The molecule has 1 aromatic carbocycles. The second-order valence-electron chi connectivity index (χ2n) is 6.62. The third-order valence-corrected chi connectivity index (χ3v) is 5.31. The molecule has 1 aliphatic heterocycles. The number of rotatable bonds is 5. The number of aliphatic hydroxyl groups excluding tert-OH is 1. The van der Waals surface area contributed by atoms with Crippen molar-refractivity contribution in [2.24, 2.45) is 5.92 Å². The Balaban J connectivity index is 1.55. The Bertz CT molecular complexity index is 458. The molecule has 2 unspecified atom stereocenters. The molecule has 1 aliphatic carbocycles. The lowest BCUT2D eigenvalue weighted by molar-refractivity contribution is 0.121. The third-order valence-electron chi connectivity index (χ3n) is 5.31. The molecule has 2 fully saturated rings. The lowest BCUT2D eigenvalue weighted by Crippen LogP contribution is -2.35. The van der Waals surface area contributed by atoms with E-state index in [4.69, 9.17) is 0 Å². The summed E-state index contributed by atoms with van der Waals surface area (Å²) in [6, 6.07) is 7.29. The van der Waals surface area contributed by atoms with Crippen molar-refractivity contribution in [1.82, 2.24) is 4.90 Å². The SMILES string of the molecule is OC(CCN1CCCC1C1CCCC1)c1ccccc1F. The number of halogens is 1. The van der Waals surface area contributed by atoms with Crippen molar-refractivity contribution in [3.05, 3.63) is 35.6 Å². The predicted molar refractivity (Wildman–Crippen MR) is 82.5 cm³/mol. The molecule has 1 saturated carbocycles. The van der Waals surface area contributed by atoms with E-state index in [1.807, 2.05) is 0 Å². The Hall–Kier alpha value is -0.930. The van der Waals surface area contributed by atoms with Crippen LogP contribution in [0.4, 0.5) is 4.39 Å². The van der Waals surface area contributed by atoms with E-state index >= 15 is 0 Å². The monoisotopic (exact) mass is 291 g/mol. The lowest BCUT2D eigenvalue weighted by Gasteiger charge is -2.30. The van der Waals surface area contributed by atoms with Gasteiger partial charge in [0.15, 0.2) is 0 Å². The van der Waals surface area contributed by atoms with Crippen molar-refractivity contribution in [1.29, 1.82) is 0 Å². The van der Waals surface area contributed by atoms with Gasteiger partial charge in [0.25, 0.3) is 0 Å². The van der Waals surface area contributed by atoms with Crippen molar-refractivity contribution in [2.45, 2.75) is 57.1 Å². The average molecular weight is 291 g/mol. The van der Waals surface area contributed by atoms with E-state index in [0.29, 0.717) is 18.0 Å². The van der Waals surface area contributed by atoms with Crippen LogP contribution in [-0.4, -0.2) is 29.1 Å². The number of hydrogen-bond acceptors (Lipinski definition) is 2. The van der Waals surface area contributed by atoms with Crippen LogP contribution in [0.25, 0.3) is 0 Å². The molecule has 3 rings (SSSR count). The third kappa shape index (κ3) is 3.46. The Morgan fingerprint density at radius 2 is 1.90 bits per heavy atom. The van der Waals surface area contributed by atoms with Gasteiger partial charge in [-0.1, -0.05) is 31.0 Å². The van der Waals surface area contributed by atoms with Gasteiger partial charge in [0.2, 0.25) is 0 Å². The fourth-order valence-corrected chi connectivity index (χ4v) is 4.19. The van der Waals surface area contributed by atoms with Gasteiger partial charge >= 0.3 is 0 Å². The molecular weight excluding hydrogens is 265 g/mol. The van der Waals surface area contributed by atoms with Crippen molar-refractivity contribution < 1.29 is 9.50 Å². The van der Waals surface area contributed by atoms with E-state index in [2.05, 4.69) is 4.90 Å². The fourth-order valence-electron chi connectivity index (χ4n) is 4.19. The quantitative estimate of drug-likeness (QED) is 0.889. The minimum absolute atomic E-state index is 0.293. The molecule has 21 heavy (non-hydrogen) atoms. The second kappa shape index (κ2) is 6.89. The van der Waals surface area contributed by atoms with Crippen molar-refractivity contribution in [3.8, 4) is 0 Å². The predicted octanol–water partition coefficient (Wildman–Crippen LogP) is 3.90. The maximum atomic E-state index is 13.7. The Morgan fingerprint density at radius 3 is 2.67 bits per heavy atom. The van der Waals surface area contributed by atoms with Crippen molar-refractivity contribution in [2.75, 3.05) is 13.1 Å². The van der Waals surface area contributed by atoms with Crippen LogP contribution in [0.1, 0.15) is 56.6 Å². The summed E-state index contributed by atoms with van der Waals surface area (Å²) in [4.78, 5) is 2.54. The Morgan fingerprint density at radius 1 is 1.14 bits per heavy atom. The molecule has 0 bridgehead atoms. The van der Waals surface area contributed by atoms with Gasteiger partial charge in [0.1, 0.15) is 5.82 Å². The number of nitrogens with zero attached hydrogens (tertiary/aromatic N) is 1.